The number of nitrogens with one attached hydrogen (secondary N) is 1. The number of hydrogen-bond donors (Lipinski definition) is 1. The van der Waals surface area contributed by atoms with E-state index in [2.05, 4.69) is 4.98 Å². The number of ether oxygens (including phenoxy) is 1. The first-order chi connectivity index (χ1) is 12.9. The number of esters is 1. The van der Waals surface area contributed by atoms with Crippen LogP contribution in [0.4, 0.5) is 0 Å². The molecular formula is C22H24ClNO3. The summed E-state index contributed by atoms with van der Waals surface area (Å²) in [5.41, 5.74) is 0.996. The highest BCUT2D eigenvalue weighted by Crippen LogP contribution is 2.64. The molecule has 0 spiro atoms. The van der Waals surface area contributed by atoms with E-state index in [0.717, 1.165) is 36.6 Å². The molecule has 27 heavy (non-hydrogen) atoms. The van der Waals surface area contributed by atoms with Gasteiger partial charge >= 0.3 is 5.97 Å². The lowest BCUT2D eigenvalue weighted by atomic mass is 9.49. The number of Topliss-reactive ketones (excluding diaryl/α,β-unsaturated/α-hetero) is 1. The number of carbonyl (C=O) groups excluding carboxylic acids is 2. The van der Waals surface area contributed by atoms with E-state index in [1.165, 1.54) is 6.42 Å². The normalized spacial score (nSPS) is 35.3. The van der Waals surface area contributed by atoms with Crippen LogP contribution in [0.1, 0.15) is 55.8 Å². The minimum atomic E-state index is -0.795. The lowest BCUT2D eigenvalue weighted by Crippen LogP contribution is -2.56. The van der Waals surface area contributed by atoms with E-state index in [0.29, 0.717) is 23.8 Å². The summed E-state index contributed by atoms with van der Waals surface area (Å²) in [6.07, 6.45) is 6.56. The molecule has 0 radical (unpaired) electrons. The van der Waals surface area contributed by atoms with Gasteiger partial charge in [-0.1, -0.05) is 18.2 Å². The molecule has 0 amide bonds. The molecule has 5 heteroatoms. The van der Waals surface area contributed by atoms with Gasteiger partial charge in [0.2, 0.25) is 5.78 Å². The van der Waals surface area contributed by atoms with E-state index in [-0.39, 0.29) is 16.6 Å². The van der Waals surface area contributed by atoms with E-state index < -0.39 is 11.5 Å². The average Bonchev–Trinajstić information content (AvgIpc) is 3.03. The summed E-state index contributed by atoms with van der Waals surface area (Å²) in [6, 6.07) is 7.66. The maximum atomic E-state index is 13.1. The van der Waals surface area contributed by atoms with Gasteiger partial charge in [0.05, 0.1) is 5.41 Å². The molecule has 4 nitrogen and oxygen atoms in total. The number of H-pyrrole nitrogens is 1. The summed E-state index contributed by atoms with van der Waals surface area (Å²) in [5, 5.41) is 0.861. The Bertz CT molecular complexity index is 919. The number of benzene rings is 1. The highest BCUT2D eigenvalue weighted by Gasteiger charge is 2.61. The largest absolute Gasteiger partial charge is 0.454 e. The number of alkyl halides is 1. The number of para-hydroxylation sites is 1. The Morgan fingerprint density at radius 2 is 1.89 bits per heavy atom. The summed E-state index contributed by atoms with van der Waals surface area (Å²) in [5.74, 6) is 0.667. The Morgan fingerprint density at radius 3 is 2.59 bits per heavy atom. The molecule has 3 atom stereocenters. The lowest BCUT2D eigenvalue weighted by Gasteiger charge is -2.58. The van der Waals surface area contributed by atoms with Gasteiger partial charge in [0.15, 0.2) is 6.10 Å². The number of hydrogen-bond acceptors (Lipinski definition) is 3. The van der Waals surface area contributed by atoms with Crippen LogP contribution >= 0.6 is 11.6 Å². The maximum absolute atomic E-state index is 13.1. The standard InChI is InChI=1S/C22H24ClNO3/c1-13(19(25)17-11-24-18-5-3-2-4-16(17)18)27-20(26)21-7-14-6-15(8-21)10-22(23,9-14)12-21/h2-5,11,13-15,24H,6-10,12H2,1H3. The van der Waals surface area contributed by atoms with Crippen molar-refractivity contribution in [2.45, 2.75) is 56.4 Å². The predicted molar refractivity (Wildman–Crippen MR) is 104 cm³/mol. The molecule has 0 saturated heterocycles. The molecule has 6 rings (SSSR count). The van der Waals surface area contributed by atoms with Crippen LogP contribution in [-0.2, 0) is 9.53 Å². The third-order valence-corrected chi connectivity index (χ3v) is 7.37. The van der Waals surface area contributed by atoms with Gasteiger partial charge in [-0.05, 0) is 63.4 Å². The summed E-state index contributed by atoms with van der Waals surface area (Å²) < 4.78 is 5.75. The average molecular weight is 386 g/mol. The van der Waals surface area contributed by atoms with Crippen molar-refractivity contribution in [1.29, 1.82) is 0 Å². The molecular weight excluding hydrogens is 362 g/mol. The molecule has 1 heterocycles. The van der Waals surface area contributed by atoms with Gasteiger partial charge in [-0.2, -0.15) is 0 Å². The lowest BCUT2D eigenvalue weighted by molar-refractivity contribution is -0.172. The molecule has 2 aromatic rings. The Balaban J connectivity index is 1.36. The van der Waals surface area contributed by atoms with E-state index in [9.17, 15) is 9.59 Å². The zero-order valence-corrected chi connectivity index (χ0v) is 16.2. The summed E-state index contributed by atoms with van der Waals surface area (Å²) in [6.45, 7) is 1.68. The van der Waals surface area contributed by atoms with Crippen molar-refractivity contribution in [2.24, 2.45) is 17.3 Å². The molecule has 4 bridgehead atoms. The fourth-order valence-corrected chi connectivity index (χ4v) is 6.92. The molecule has 142 valence electrons. The van der Waals surface area contributed by atoms with Crippen molar-refractivity contribution in [3.8, 4) is 0 Å². The van der Waals surface area contributed by atoms with Gasteiger partial charge in [0.25, 0.3) is 0 Å². The number of ketones is 1. The third-order valence-electron chi connectivity index (χ3n) is 6.93. The summed E-state index contributed by atoms with van der Waals surface area (Å²) in [7, 11) is 0. The van der Waals surface area contributed by atoms with Crippen LogP contribution in [0.3, 0.4) is 0 Å². The molecule has 1 aromatic carbocycles. The quantitative estimate of drug-likeness (QED) is 0.464. The Kier molecular flexibility index (Phi) is 3.74. The number of aromatic amines is 1. The van der Waals surface area contributed by atoms with Gasteiger partial charge in [-0.15, -0.1) is 11.6 Å². The summed E-state index contributed by atoms with van der Waals surface area (Å²) in [4.78, 5) is 28.9. The first kappa shape index (κ1) is 17.3. The second kappa shape index (κ2) is 5.84. The first-order valence-corrected chi connectivity index (χ1v) is 10.3. The minimum absolute atomic E-state index is 0.161. The first-order valence-electron chi connectivity index (χ1n) is 9.88. The van der Waals surface area contributed by atoms with Crippen LogP contribution in [0.5, 0.6) is 0 Å². The van der Waals surface area contributed by atoms with Crippen LogP contribution in [-0.4, -0.2) is 27.7 Å². The molecule has 1 aromatic heterocycles. The van der Waals surface area contributed by atoms with Gasteiger partial charge in [-0.25, -0.2) is 0 Å². The molecule has 4 fully saturated rings. The van der Waals surface area contributed by atoms with Gasteiger partial charge in [0, 0.05) is 27.5 Å². The van der Waals surface area contributed by atoms with Crippen LogP contribution in [0.25, 0.3) is 10.9 Å². The fraction of sp³-hybridized carbons (Fsp3) is 0.545. The molecule has 4 aliphatic carbocycles. The SMILES string of the molecule is CC(OC(=O)C12CC3CC(CC(Cl)(C3)C1)C2)C(=O)c1c[nH]c2ccccc12. The smallest absolute Gasteiger partial charge is 0.312 e. The number of aromatic nitrogens is 1. The summed E-state index contributed by atoms with van der Waals surface area (Å²) >= 11 is 6.83. The molecule has 0 aliphatic heterocycles. The Morgan fingerprint density at radius 1 is 1.19 bits per heavy atom. The monoisotopic (exact) mass is 385 g/mol. The van der Waals surface area contributed by atoms with Crippen LogP contribution < -0.4 is 0 Å². The van der Waals surface area contributed by atoms with E-state index in [1.54, 1.807) is 13.1 Å². The molecule has 3 unspecified atom stereocenters. The van der Waals surface area contributed by atoms with Crippen LogP contribution in [0.2, 0.25) is 0 Å². The van der Waals surface area contributed by atoms with Crippen molar-refractivity contribution in [3.63, 3.8) is 0 Å². The Hall–Kier alpha value is -1.81. The zero-order valence-electron chi connectivity index (χ0n) is 15.5. The molecule has 4 saturated carbocycles. The highest BCUT2D eigenvalue weighted by molar-refractivity contribution is 6.24. The fourth-order valence-electron chi connectivity index (χ4n) is 6.22. The number of rotatable bonds is 4. The topological polar surface area (TPSA) is 59.2 Å². The predicted octanol–water partition coefficient (Wildman–Crippen LogP) is 4.86. The van der Waals surface area contributed by atoms with E-state index in [1.807, 2.05) is 24.3 Å². The van der Waals surface area contributed by atoms with E-state index in [4.69, 9.17) is 16.3 Å². The minimum Gasteiger partial charge on any atom is -0.454 e. The van der Waals surface area contributed by atoms with Crippen molar-refractivity contribution >= 4 is 34.3 Å². The second-order valence-corrected chi connectivity index (χ2v) is 9.85. The van der Waals surface area contributed by atoms with Crippen molar-refractivity contribution < 1.29 is 14.3 Å². The number of halogens is 1. The highest BCUT2D eigenvalue weighted by atomic mass is 35.5. The maximum Gasteiger partial charge on any atom is 0.312 e. The van der Waals surface area contributed by atoms with Crippen molar-refractivity contribution in [1.82, 2.24) is 4.98 Å². The Labute approximate surface area is 163 Å². The van der Waals surface area contributed by atoms with Gasteiger partial charge in [-0.3, -0.25) is 9.59 Å². The van der Waals surface area contributed by atoms with Crippen molar-refractivity contribution in [3.05, 3.63) is 36.0 Å². The van der Waals surface area contributed by atoms with Gasteiger partial charge < -0.3 is 9.72 Å². The number of fused-ring (bicyclic) bond motifs is 1. The van der Waals surface area contributed by atoms with Crippen molar-refractivity contribution in [2.75, 3.05) is 0 Å². The van der Waals surface area contributed by atoms with Crippen LogP contribution in [0, 0.1) is 17.3 Å². The van der Waals surface area contributed by atoms with Crippen LogP contribution in [0.15, 0.2) is 30.5 Å². The molecule has 1 N–H and O–H groups in total. The third kappa shape index (κ3) is 2.72. The van der Waals surface area contributed by atoms with E-state index >= 15 is 0 Å². The number of carbonyl (C=O) groups is 2. The zero-order chi connectivity index (χ0) is 18.8. The molecule has 4 aliphatic rings. The second-order valence-electron chi connectivity index (χ2n) is 9.05. The van der Waals surface area contributed by atoms with Gasteiger partial charge in [0.1, 0.15) is 0 Å².